The van der Waals surface area contributed by atoms with E-state index in [1.165, 1.54) is 12.1 Å². The number of alkyl carbamates (subject to hydrolysis) is 1. The average molecular weight is 458 g/mol. The predicted molar refractivity (Wildman–Crippen MR) is 127 cm³/mol. The van der Waals surface area contributed by atoms with Crippen LogP contribution in [0, 0.1) is 23.1 Å². The van der Waals surface area contributed by atoms with Crippen molar-refractivity contribution in [3.63, 3.8) is 0 Å². The molecule has 6 nitrogen and oxygen atoms in total. The first kappa shape index (κ1) is 23.0. The van der Waals surface area contributed by atoms with Gasteiger partial charge in [0.1, 0.15) is 18.5 Å². The summed E-state index contributed by atoms with van der Waals surface area (Å²) in [6, 6.07) is 20.7. The molecule has 1 atom stereocenters. The van der Waals surface area contributed by atoms with Gasteiger partial charge in [-0.1, -0.05) is 62.4 Å². The molecule has 0 saturated carbocycles. The van der Waals surface area contributed by atoms with Crippen LogP contribution >= 0.6 is 0 Å². The van der Waals surface area contributed by atoms with Crippen LogP contribution in [0.15, 0.2) is 66.7 Å². The number of ether oxygens (including phenoxy) is 1. The van der Waals surface area contributed by atoms with Gasteiger partial charge in [0.25, 0.3) is 0 Å². The van der Waals surface area contributed by atoms with Gasteiger partial charge in [0.05, 0.1) is 17.3 Å². The van der Waals surface area contributed by atoms with Crippen molar-refractivity contribution in [3.8, 4) is 17.2 Å². The van der Waals surface area contributed by atoms with Crippen LogP contribution in [0.4, 0.5) is 14.9 Å². The van der Waals surface area contributed by atoms with Crippen molar-refractivity contribution in [1.82, 2.24) is 5.32 Å². The number of hydrogen-bond donors (Lipinski definition) is 2. The molecule has 0 fully saturated rings. The molecule has 2 amide bonds. The van der Waals surface area contributed by atoms with E-state index in [4.69, 9.17) is 10.00 Å². The molecular formula is C27H24FN3O3. The standard InChI is InChI=1S/C27H24FN3O3/c1-16(2)25(26(32)30-24-12-11-17(14-29)13-23(24)28)31-27(33)34-15-22-20-9-5-3-7-18(20)19-8-4-6-10-21(19)22/h3-13,16,22,25H,15H2,1-2H3,(H,30,32)(H,31,33)/t25-/m0/s1. The van der Waals surface area contributed by atoms with E-state index < -0.39 is 23.9 Å². The number of rotatable bonds is 6. The van der Waals surface area contributed by atoms with Gasteiger partial charge >= 0.3 is 6.09 Å². The summed E-state index contributed by atoms with van der Waals surface area (Å²) in [6.07, 6.45) is -0.726. The van der Waals surface area contributed by atoms with Crippen LogP contribution in [-0.4, -0.2) is 24.6 Å². The molecule has 3 aromatic rings. The second-order valence-corrected chi connectivity index (χ2v) is 8.49. The van der Waals surface area contributed by atoms with Crippen molar-refractivity contribution < 1.29 is 18.7 Å². The zero-order valence-corrected chi connectivity index (χ0v) is 18.8. The molecule has 1 aliphatic rings. The number of amides is 2. The molecule has 0 aromatic heterocycles. The third kappa shape index (κ3) is 4.62. The normalized spacial score (nSPS) is 12.9. The van der Waals surface area contributed by atoms with Crippen LogP contribution in [0.1, 0.15) is 36.5 Å². The number of fused-ring (bicyclic) bond motifs is 3. The molecule has 7 heteroatoms. The molecule has 172 valence electrons. The SMILES string of the molecule is CC(C)[C@H](NC(=O)OCC1c2ccccc2-c2ccccc21)C(=O)Nc1ccc(C#N)cc1F. The van der Waals surface area contributed by atoms with Crippen molar-refractivity contribution in [2.45, 2.75) is 25.8 Å². The zero-order valence-electron chi connectivity index (χ0n) is 18.8. The predicted octanol–water partition coefficient (Wildman–Crippen LogP) is 5.20. The topological polar surface area (TPSA) is 91.2 Å². The summed E-state index contributed by atoms with van der Waals surface area (Å²) in [5.41, 5.74) is 4.50. The monoisotopic (exact) mass is 457 g/mol. The van der Waals surface area contributed by atoms with Gasteiger partial charge in [-0.25, -0.2) is 9.18 Å². The molecule has 3 aromatic carbocycles. The van der Waals surface area contributed by atoms with Gasteiger partial charge in [0.2, 0.25) is 5.91 Å². The largest absolute Gasteiger partial charge is 0.449 e. The lowest BCUT2D eigenvalue weighted by molar-refractivity contribution is -0.119. The number of nitriles is 1. The van der Waals surface area contributed by atoms with Crippen molar-refractivity contribution in [2.75, 3.05) is 11.9 Å². The third-order valence-electron chi connectivity index (χ3n) is 5.92. The highest BCUT2D eigenvalue weighted by molar-refractivity contribution is 5.97. The van der Waals surface area contributed by atoms with E-state index in [0.717, 1.165) is 28.3 Å². The average Bonchev–Trinajstić information content (AvgIpc) is 3.16. The molecule has 0 aliphatic heterocycles. The number of anilines is 1. The van der Waals surface area contributed by atoms with Crippen LogP contribution in [-0.2, 0) is 9.53 Å². The first-order valence-corrected chi connectivity index (χ1v) is 11.0. The number of hydrogen-bond acceptors (Lipinski definition) is 4. The van der Waals surface area contributed by atoms with Gasteiger partial charge in [0, 0.05) is 5.92 Å². The van der Waals surface area contributed by atoms with E-state index in [9.17, 15) is 14.0 Å². The Morgan fingerprint density at radius 2 is 1.65 bits per heavy atom. The molecule has 0 radical (unpaired) electrons. The van der Waals surface area contributed by atoms with E-state index in [1.807, 2.05) is 42.5 Å². The lowest BCUT2D eigenvalue weighted by Gasteiger charge is -2.22. The summed E-state index contributed by atoms with van der Waals surface area (Å²) < 4.78 is 19.7. The summed E-state index contributed by atoms with van der Waals surface area (Å²) in [7, 11) is 0. The Morgan fingerprint density at radius 3 is 2.21 bits per heavy atom. The van der Waals surface area contributed by atoms with Gasteiger partial charge in [-0.3, -0.25) is 4.79 Å². The first-order chi connectivity index (χ1) is 16.4. The van der Waals surface area contributed by atoms with E-state index >= 15 is 0 Å². The van der Waals surface area contributed by atoms with Crippen molar-refractivity contribution in [1.29, 1.82) is 5.26 Å². The molecule has 2 N–H and O–H groups in total. The van der Waals surface area contributed by atoms with Crippen LogP contribution in [0.25, 0.3) is 11.1 Å². The summed E-state index contributed by atoms with van der Waals surface area (Å²) in [4.78, 5) is 25.4. The minimum absolute atomic E-state index is 0.0658. The van der Waals surface area contributed by atoms with E-state index in [2.05, 4.69) is 22.8 Å². The fourth-order valence-electron chi connectivity index (χ4n) is 4.20. The smallest absolute Gasteiger partial charge is 0.407 e. The highest BCUT2D eigenvalue weighted by atomic mass is 19.1. The second kappa shape index (κ2) is 9.75. The van der Waals surface area contributed by atoms with Gasteiger partial charge in [-0.05, 0) is 46.4 Å². The maximum Gasteiger partial charge on any atom is 0.407 e. The van der Waals surface area contributed by atoms with Gasteiger partial charge in [-0.15, -0.1) is 0 Å². The summed E-state index contributed by atoms with van der Waals surface area (Å²) in [5, 5.41) is 13.9. The molecule has 0 unspecified atom stereocenters. The Hall–Kier alpha value is -4.18. The summed E-state index contributed by atoms with van der Waals surface area (Å²) >= 11 is 0. The molecule has 0 saturated heterocycles. The number of nitrogens with one attached hydrogen (secondary N) is 2. The van der Waals surface area contributed by atoms with Crippen molar-refractivity contribution >= 4 is 17.7 Å². The van der Waals surface area contributed by atoms with Crippen LogP contribution in [0.2, 0.25) is 0 Å². The molecule has 1 aliphatic carbocycles. The second-order valence-electron chi connectivity index (χ2n) is 8.49. The van der Waals surface area contributed by atoms with Crippen molar-refractivity contribution in [3.05, 3.63) is 89.2 Å². The minimum atomic E-state index is -0.939. The lowest BCUT2D eigenvalue weighted by Crippen LogP contribution is -2.47. The van der Waals surface area contributed by atoms with Crippen molar-refractivity contribution in [2.24, 2.45) is 5.92 Å². The number of halogens is 1. The van der Waals surface area contributed by atoms with E-state index in [-0.39, 0.29) is 29.7 Å². The molecule has 0 bridgehead atoms. The van der Waals surface area contributed by atoms with Gasteiger partial charge in [-0.2, -0.15) is 5.26 Å². The Bertz CT molecular complexity index is 1240. The van der Waals surface area contributed by atoms with Crippen LogP contribution in [0.5, 0.6) is 0 Å². The fraction of sp³-hybridized carbons (Fsp3) is 0.222. The Morgan fingerprint density at radius 1 is 1.03 bits per heavy atom. The van der Waals surface area contributed by atoms with Gasteiger partial charge < -0.3 is 15.4 Å². The molecule has 4 rings (SSSR count). The number of carbonyl (C=O) groups is 2. The maximum absolute atomic E-state index is 14.2. The van der Waals surface area contributed by atoms with Gasteiger partial charge in [0.15, 0.2) is 0 Å². The first-order valence-electron chi connectivity index (χ1n) is 11.0. The fourth-order valence-corrected chi connectivity index (χ4v) is 4.20. The Kier molecular flexibility index (Phi) is 6.60. The molecule has 0 spiro atoms. The third-order valence-corrected chi connectivity index (χ3v) is 5.92. The summed E-state index contributed by atoms with van der Waals surface area (Å²) in [5.74, 6) is -1.68. The highest BCUT2D eigenvalue weighted by Gasteiger charge is 2.30. The van der Waals surface area contributed by atoms with Crippen LogP contribution in [0.3, 0.4) is 0 Å². The number of nitrogens with zero attached hydrogens (tertiary/aromatic N) is 1. The maximum atomic E-state index is 14.2. The minimum Gasteiger partial charge on any atom is -0.449 e. The molecular weight excluding hydrogens is 433 g/mol. The molecule has 34 heavy (non-hydrogen) atoms. The number of carbonyl (C=O) groups excluding carboxylic acids is 2. The van der Waals surface area contributed by atoms with E-state index in [1.54, 1.807) is 13.8 Å². The number of benzene rings is 3. The zero-order chi connectivity index (χ0) is 24.2. The molecule has 0 heterocycles. The lowest BCUT2D eigenvalue weighted by atomic mass is 9.98. The quantitative estimate of drug-likeness (QED) is 0.532. The van der Waals surface area contributed by atoms with E-state index in [0.29, 0.717) is 0 Å². The Labute approximate surface area is 197 Å². The highest BCUT2D eigenvalue weighted by Crippen LogP contribution is 2.44. The Balaban J connectivity index is 1.42. The van der Waals surface area contributed by atoms with Crippen LogP contribution < -0.4 is 10.6 Å². The summed E-state index contributed by atoms with van der Waals surface area (Å²) in [6.45, 7) is 3.66.